The van der Waals surface area contributed by atoms with Gasteiger partial charge in [-0.2, -0.15) is 0 Å². The number of pyridine rings is 1. The first-order valence-electron chi connectivity index (χ1n) is 10.1. The van der Waals surface area contributed by atoms with Gasteiger partial charge in [0, 0.05) is 42.5 Å². The summed E-state index contributed by atoms with van der Waals surface area (Å²) in [5.74, 6) is 0.237. The molecule has 0 aliphatic carbocycles. The minimum Gasteiger partial charge on any atom is -0.383 e. The van der Waals surface area contributed by atoms with Gasteiger partial charge in [0.25, 0.3) is 0 Å². The third kappa shape index (κ3) is 5.51. The van der Waals surface area contributed by atoms with Gasteiger partial charge in [0.05, 0.1) is 5.52 Å². The summed E-state index contributed by atoms with van der Waals surface area (Å²) < 4.78 is 2.19. The van der Waals surface area contributed by atoms with E-state index in [0.29, 0.717) is 12.1 Å². The Kier molecular flexibility index (Phi) is 7.79. The molecule has 0 saturated heterocycles. The fourth-order valence-corrected chi connectivity index (χ4v) is 3.54. The first kappa shape index (κ1) is 21.8. The van der Waals surface area contributed by atoms with E-state index >= 15 is 0 Å². The highest BCUT2D eigenvalue weighted by atomic mass is 16.5. The van der Waals surface area contributed by atoms with Crippen LogP contribution >= 0.6 is 0 Å². The Bertz CT molecular complexity index is 714. The second-order valence-corrected chi connectivity index (χ2v) is 8.08. The third-order valence-corrected chi connectivity index (χ3v) is 5.24. The average molecular weight is 378 g/mol. The Morgan fingerprint density at radius 1 is 1.22 bits per heavy atom. The van der Waals surface area contributed by atoms with Crippen LogP contribution in [0.15, 0.2) is 24.5 Å². The normalized spacial score (nSPS) is 15.6. The van der Waals surface area contributed by atoms with Crippen LogP contribution in [0.2, 0.25) is 0 Å². The first-order valence-corrected chi connectivity index (χ1v) is 10.1. The quantitative estimate of drug-likeness (QED) is 0.356. The molecule has 2 aromatic heterocycles. The number of nitrogens with two attached hydrogens (primary N) is 1. The van der Waals surface area contributed by atoms with Crippen LogP contribution < -0.4 is 5.73 Å². The zero-order chi connectivity index (χ0) is 20.0. The maximum atomic E-state index is 10.9. The number of hydrogen-bond acceptors (Lipinski definition) is 5. The lowest BCUT2D eigenvalue weighted by molar-refractivity contribution is -0.194. The maximum absolute atomic E-state index is 10.9. The molecule has 6 heteroatoms. The molecule has 5 N–H and O–H groups in total. The highest BCUT2D eigenvalue weighted by Gasteiger charge is 2.41. The number of unbranched alkanes of at least 4 members (excludes halogenated alkanes) is 3. The van der Waals surface area contributed by atoms with Gasteiger partial charge < -0.3 is 25.6 Å². The topological polar surface area (TPSA) is 105 Å². The standard InChI is InChI=1S/C21H35N3O3/c1-4-5-6-7-9-24-10-8-16-14-23-17(12-18(16)24)13-21(27,20(25)26)19(22)11-15(2)3/h8,10,12,14-15,19-20,25-27H,4-7,9,11,13,22H2,1-3H3/t19-,21+/m0/s1. The van der Waals surface area contributed by atoms with Gasteiger partial charge in [0.2, 0.25) is 0 Å². The Balaban J connectivity index is 2.21. The van der Waals surface area contributed by atoms with Crippen LogP contribution in [0.4, 0.5) is 0 Å². The van der Waals surface area contributed by atoms with Gasteiger partial charge in [-0.3, -0.25) is 4.98 Å². The molecule has 0 spiro atoms. The molecule has 0 saturated carbocycles. The van der Waals surface area contributed by atoms with Crippen molar-refractivity contribution in [3.63, 3.8) is 0 Å². The van der Waals surface area contributed by atoms with E-state index < -0.39 is 17.9 Å². The monoisotopic (exact) mass is 377 g/mol. The molecular weight excluding hydrogens is 342 g/mol. The predicted molar refractivity (Wildman–Crippen MR) is 108 cm³/mol. The minimum atomic E-state index is -1.93. The van der Waals surface area contributed by atoms with E-state index in [1.165, 1.54) is 19.3 Å². The predicted octanol–water partition coefficient (Wildman–Crippen LogP) is 2.57. The van der Waals surface area contributed by atoms with Gasteiger partial charge in [0.1, 0.15) is 5.60 Å². The Labute approximate surface area is 162 Å². The summed E-state index contributed by atoms with van der Waals surface area (Å²) in [4.78, 5) is 4.41. The lowest BCUT2D eigenvalue weighted by atomic mass is 9.84. The molecule has 0 bridgehead atoms. The lowest BCUT2D eigenvalue weighted by Crippen LogP contribution is -2.58. The van der Waals surface area contributed by atoms with Crippen LogP contribution in [0, 0.1) is 5.92 Å². The fraction of sp³-hybridized carbons (Fsp3) is 0.667. The minimum absolute atomic E-state index is 0.00446. The van der Waals surface area contributed by atoms with Crippen molar-refractivity contribution >= 4 is 10.9 Å². The number of aromatic nitrogens is 2. The van der Waals surface area contributed by atoms with Gasteiger partial charge >= 0.3 is 0 Å². The van der Waals surface area contributed by atoms with Crippen molar-refractivity contribution in [1.82, 2.24) is 9.55 Å². The van der Waals surface area contributed by atoms with E-state index in [-0.39, 0.29) is 12.3 Å². The first-order chi connectivity index (χ1) is 12.8. The molecule has 0 fully saturated rings. The molecule has 0 unspecified atom stereocenters. The van der Waals surface area contributed by atoms with E-state index in [4.69, 9.17) is 5.73 Å². The highest BCUT2D eigenvalue weighted by Crippen LogP contribution is 2.25. The smallest absolute Gasteiger partial charge is 0.183 e. The van der Waals surface area contributed by atoms with Gasteiger partial charge in [-0.1, -0.05) is 40.0 Å². The van der Waals surface area contributed by atoms with Crippen LogP contribution in [0.3, 0.4) is 0 Å². The Morgan fingerprint density at radius 2 is 1.96 bits per heavy atom. The highest BCUT2D eigenvalue weighted by molar-refractivity contribution is 5.79. The van der Waals surface area contributed by atoms with Crippen molar-refractivity contribution in [2.24, 2.45) is 11.7 Å². The summed E-state index contributed by atoms with van der Waals surface area (Å²) in [5.41, 5.74) is 5.93. The molecular formula is C21H35N3O3. The van der Waals surface area contributed by atoms with Crippen LogP contribution in [0.1, 0.15) is 58.6 Å². The van der Waals surface area contributed by atoms with E-state index in [0.717, 1.165) is 23.9 Å². The number of hydrogen-bond donors (Lipinski definition) is 4. The van der Waals surface area contributed by atoms with Gasteiger partial charge in [0.15, 0.2) is 6.29 Å². The van der Waals surface area contributed by atoms with Gasteiger partial charge in [-0.05, 0) is 30.9 Å². The summed E-state index contributed by atoms with van der Waals surface area (Å²) in [6.45, 7) is 7.11. The van der Waals surface area contributed by atoms with Crippen molar-refractivity contribution in [3.8, 4) is 0 Å². The van der Waals surface area contributed by atoms with Crippen LogP contribution in [0.25, 0.3) is 10.9 Å². The van der Waals surface area contributed by atoms with Crippen molar-refractivity contribution in [2.75, 3.05) is 0 Å². The molecule has 0 amide bonds. The number of aliphatic hydroxyl groups is 3. The molecule has 2 heterocycles. The van der Waals surface area contributed by atoms with Crippen LogP contribution in [0.5, 0.6) is 0 Å². The fourth-order valence-electron chi connectivity index (χ4n) is 3.54. The van der Waals surface area contributed by atoms with Crippen molar-refractivity contribution < 1.29 is 15.3 Å². The summed E-state index contributed by atoms with van der Waals surface area (Å²) in [5, 5.41) is 31.5. The van der Waals surface area contributed by atoms with E-state index in [9.17, 15) is 15.3 Å². The molecule has 2 rings (SSSR count). The van der Waals surface area contributed by atoms with E-state index in [1.807, 2.05) is 26.0 Å². The number of aliphatic hydroxyl groups excluding tert-OH is 1. The van der Waals surface area contributed by atoms with Crippen molar-refractivity contribution in [2.45, 2.75) is 83.8 Å². The largest absolute Gasteiger partial charge is 0.383 e. The van der Waals surface area contributed by atoms with Gasteiger partial charge in [-0.25, -0.2) is 0 Å². The van der Waals surface area contributed by atoms with E-state index in [1.54, 1.807) is 6.20 Å². The zero-order valence-electron chi connectivity index (χ0n) is 16.8. The van der Waals surface area contributed by atoms with Crippen LogP contribution in [-0.2, 0) is 13.0 Å². The summed E-state index contributed by atoms with van der Waals surface area (Å²) in [6.07, 6.45) is 7.15. The number of fused-ring (bicyclic) bond motifs is 1. The molecule has 0 aliphatic rings. The van der Waals surface area contributed by atoms with E-state index in [2.05, 4.69) is 22.7 Å². The SMILES string of the molecule is CCCCCCn1ccc2cnc(C[C@](O)(C(O)O)[C@@H](N)CC(C)C)cc21. The number of nitrogens with zero attached hydrogens (tertiary/aromatic N) is 2. The second-order valence-electron chi connectivity index (χ2n) is 8.08. The summed E-state index contributed by atoms with van der Waals surface area (Å²) >= 11 is 0. The average Bonchev–Trinajstić information content (AvgIpc) is 3.00. The third-order valence-electron chi connectivity index (χ3n) is 5.24. The molecule has 2 atom stereocenters. The Morgan fingerprint density at radius 3 is 2.59 bits per heavy atom. The summed E-state index contributed by atoms with van der Waals surface area (Å²) in [7, 11) is 0. The lowest BCUT2D eigenvalue weighted by Gasteiger charge is -2.36. The second kappa shape index (κ2) is 9.64. The number of aryl methyl sites for hydroxylation is 1. The maximum Gasteiger partial charge on any atom is 0.183 e. The zero-order valence-corrected chi connectivity index (χ0v) is 16.8. The Hall–Kier alpha value is -1.47. The molecule has 6 nitrogen and oxygen atoms in total. The van der Waals surface area contributed by atoms with Crippen molar-refractivity contribution in [3.05, 3.63) is 30.2 Å². The molecule has 2 aromatic rings. The van der Waals surface area contributed by atoms with Gasteiger partial charge in [-0.15, -0.1) is 0 Å². The molecule has 0 aromatic carbocycles. The molecule has 152 valence electrons. The number of rotatable bonds is 11. The molecule has 0 radical (unpaired) electrons. The summed E-state index contributed by atoms with van der Waals surface area (Å²) in [6, 6.07) is 3.20. The molecule has 0 aliphatic heterocycles. The van der Waals surface area contributed by atoms with Crippen molar-refractivity contribution in [1.29, 1.82) is 0 Å². The van der Waals surface area contributed by atoms with Crippen LogP contribution in [-0.4, -0.2) is 42.8 Å². The molecule has 27 heavy (non-hydrogen) atoms.